The maximum absolute atomic E-state index is 11.9. The molecule has 6 heteroatoms. The first kappa shape index (κ1) is 16.4. The van der Waals surface area contributed by atoms with Gasteiger partial charge in [0.05, 0.1) is 24.1 Å². The van der Waals surface area contributed by atoms with Crippen molar-refractivity contribution in [1.29, 1.82) is 0 Å². The summed E-state index contributed by atoms with van der Waals surface area (Å²) in [6.07, 6.45) is 0. The Bertz CT molecular complexity index is 508. The van der Waals surface area contributed by atoms with Crippen molar-refractivity contribution in [2.45, 2.75) is 25.5 Å². The number of methoxy groups -OCH3 is 1. The third kappa shape index (κ3) is 5.13. The maximum atomic E-state index is 11.9. The molecular weight excluding hydrogens is 278 g/mol. The summed E-state index contributed by atoms with van der Waals surface area (Å²) in [6.45, 7) is 6.07. The molecule has 0 saturated carbocycles. The van der Waals surface area contributed by atoms with E-state index in [9.17, 15) is 9.59 Å². The van der Waals surface area contributed by atoms with E-state index in [1.807, 2.05) is 20.8 Å². The fourth-order valence-corrected chi connectivity index (χ4v) is 2.04. The molecule has 0 aliphatic heterocycles. The Kier molecular flexibility index (Phi) is 5.44. The lowest BCUT2D eigenvalue weighted by Gasteiger charge is -2.17. The first-order valence-electron chi connectivity index (χ1n) is 6.08. The zero-order valence-corrected chi connectivity index (χ0v) is 12.8. The van der Waals surface area contributed by atoms with Gasteiger partial charge in [-0.3, -0.25) is 4.79 Å². The second-order valence-corrected chi connectivity index (χ2v) is 6.97. The summed E-state index contributed by atoms with van der Waals surface area (Å²) in [7, 11) is 1.47. The minimum absolute atomic E-state index is 0.00958. The SMILES string of the molecule is COc1ccc(C(=O)O)cc1NC(=O)CSC(C)(C)C. The molecule has 20 heavy (non-hydrogen) atoms. The van der Waals surface area contributed by atoms with Crippen molar-refractivity contribution < 1.29 is 19.4 Å². The fraction of sp³-hybridized carbons (Fsp3) is 0.429. The zero-order chi connectivity index (χ0) is 15.3. The molecule has 5 nitrogen and oxygen atoms in total. The van der Waals surface area contributed by atoms with E-state index < -0.39 is 5.97 Å². The molecule has 1 aromatic carbocycles. The average Bonchev–Trinajstić information content (AvgIpc) is 2.35. The summed E-state index contributed by atoms with van der Waals surface area (Å²) < 4.78 is 5.10. The normalized spacial score (nSPS) is 11.0. The highest BCUT2D eigenvalue weighted by molar-refractivity contribution is 8.01. The second kappa shape index (κ2) is 6.65. The van der Waals surface area contributed by atoms with Crippen LogP contribution < -0.4 is 10.1 Å². The van der Waals surface area contributed by atoms with Gasteiger partial charge in [0, 0.05) is 4.75 Å². The monoisotopic (exact) mass is 297 g/mol. The molecule has 0 heterocycles. The largest absolute Gasteiger partial charge is 0.495 e. The lowest BCUT2D eigenvalue weighted by Crippen LogP contribution is -2.19. The molecule has 1 rings (SSSR count). The van der Waals surface area contributed by atoms with E-state index in [-0.39, 0.29) is 16.2 Å². The molecule has 0 spiro atoms. The van der Waals surface area contributed by atoms with E-state index in [0.29, 0.717) is 17.2 Å². The molecule has 0 saturated heterocycles. The fourth-order valence-electron chi connectivity index (χ4n) is 1.41. The molecule has 0 fully saturated rings. The minimum atomic E-state index is -1.05. The molecule has 0 atom stereocenters. The summed E-state index contributed by atoms with van der Waals surface area (Å²) in [5.41, 5.74) is 0.469. The van der Waals surface area contributed by atoms with Crippen LogP contribution in [0.1, 0.15) is 31.1 Å². The number of ether oxygens (including phenoxy) is 1. The molecule has 0 radical (unpaired) electrons. The Labute approximate surface area is 122 Å². The van der Waals surface area contributed by atoms with Crippen LogP contribution in [0, 0.1) is 0 Å². The Morgan fingerprint density at radius 3 is 2.50 bits per heavy atom. The summed E-state index contributed by atoms with van der Waals surface area (Å²) in [5, 5.41) is 11.6. The van der Waals surface area contributed by atoms with Crippen molar-refractivity contribution in [1.82, 2.24) is 0 Å². The van der Waals surface area contributed by atoms with E-state index in [1.165, 1.54) is 37.1 Å². The number of thioether (sulfide) groups is 1. The van der Waals surface area contributed by atoms with E-state index in [0.717, 1.165) is 0 Å². The Hall–Kier alpha value is -1.69. The van der Waals surface area contributed by atoms with E-state index in [4.69, 9.17) is 9.84 Å². The predicted octanol–water partition coefficient (Wildman–Crippen LogP) is 2.86. The molecule has 0 unspecified atom stereocenters. The number of nitrogens with one attached hydrogen (secondary N) is 1. The van der Waals surface area contributed by atoms with Crippen LogP contribution in [0.2, 0.25) is 0 Å². The molecule has 0 aliphatic carbocycles. The number of carboxylic acid groups (broad SMARTS) is 1. The number of anilines is 1. The quantitative estimate of drug-likeness (QED) is 0.874. The van der Waals surface area contributed by atoms with Gasteiger partial charge in [0.1, 0.15) is 5.75 Å². The van der Waals surface area contributed by atoms with Gasteiger partial charge in [-0.15, -0.1) is 11.8 Å². The number of amides is 1. The average molecular weight is 297 g/mol. The number of carbonyl (C=O) groups is 2. The van der Waals surface area contributed by atoms with Gasteiger partial charge in [-0.05, 0) is 18.2 Å². The summed E-state index contributed by atoms with van der Waals surface area (Å²) in [6, 6.07) is 4.34. The number of aromatic carboxylic acids is 1. The lowest BCUT2D eigenvalue weighted by molar-refractivity contribution is -0.113. The zero-order valence-electron chi connectivity index (χ0n) is 12.0. The second-order valence-electron chi connectivity index (χ2n) is 5.17. The van der Waals surface area contributed by atoms with Gasteiger partial charge in [0.15, 0.2) is 0 Å². The van der Waals surface area contributed by atoms with Gasteiger partial charge in [-0.25, -0.2) is 4.79 Å². The van der Waals surface area contributed by atoms with Crippen molar-refractivity contribution in [2.75, 3.05) is 18.2 Å². The standard InChI is InChI=1S/C14H19NO4S/c1-14(2,3)20-8-12(16)15-10-7-9(13(17)18)5-6-11(10)19-4/h5-7H,8H2,1-4H3,(H,15,16)(H,17,18). The number of carbonyl (C=O) groups excluding carboxylic acids is 1. The first-order valence-corrected chi connectivity index (χ1v) is 7.06. The molecule has 0 aliphatic rings. The molecule has 2 N–H and O–H groups in total. The van der Waals surface area contributed by atoms with Gasteiger partial charge >= 0.3 is 5.97 Å². The van der Waals surface area contributed by atoms with Gasteiger partial charge in [0.2, 0.25) is 5.91 Å². The molecule has 1 aromatic rings. The van der Waals surface area contributed by atoms with Crippen molar-refractivity contribution >= 4 is 29.3 Å². The third-order valence-corrected chi connectivity index (χ3v) is 3.63. The van der Waals surface area contributed by atoms with Crippen LogP contribution in [-0.4, -0.2) is 34.6 Å². The molecule has 0 aromatic heterocycles. The van der Waals surface area contributed by atoms with Crippen molar-refractivity contribution in [2.24, 2.45) is 0 Å². The van der Waals surface area contributed by atoms with Crippen molar-refractivity contribution in [3.8, 4) is 5.75 Å². The maximum Gasteiger partial charge on any atom is 0.335 e. The minimum Gasteiger partial charge on any atom is -0.495 e. The van der Waals surface area contributed by atoms with Crippen LogP contribution in [0.3, 0.4) is 0 Å². The number of hydrogen-bond acceptors (Lipinski definition) is 4. The van der Waals surface area contributed by atoms with Crippen LogP contribution in [0.4, 0.5) is 5.69 Å². The number of benzene rings is 1. The number of hydrogen-bond donors (Lipinski definition) is 2. The predicted molar refractivity (Wildman–Crippen MR) is 80.8 cm³/mol. The van der Waals surface area contributed by atoms with E-state index >= 15 is 0 Å². The summed E-state index contributed by atoms with van der Waals surface area (Å²) in [5.74, 6) is -0.508. The van der Waals surface area contributed by atoms with Crippen LogP contribution in [-0.2, 0) is 4.79 Å². The Morgan fingerprint density at radius 2 is 2.00 bits per heavy atom. The Morgan fingerprint density at radius 1 is 1.35 bits per heavy atom. The topological polar surface area (TPSA) is 75.6 Å². The molecule has 0 bridgehead atoms. The highest BCUT2D eigenvalue weighted by Crippen LogP contribution is 2.27. The van der Waals surface area contributed by atoms with Crippen LogP contribution in [0.15, 0.2) is 18.2 Å². The van der Waals surface area contributed by atoms with E-state index in [1.54, 1.807) is 0 Å². The molecule has 1 amide bonds. The van der Waals surface area contributed by atoms with Gasteiger partial charge < -0.3 is 15.2 Å². The third-order valence-electron chi connectivity index (χ3n) is 2.36. The van der Waals surface area contributed by atoms with Gasteiger partial charge in [-0.2, -0.15) is 0 Å². The van der Waals surface area contributed by atoms with Gasteiger partial charge in [0.25, 0.3) is 0 Å². The Balaban J connectivity index is 2.82. The molecular formula is C14H19NO4S. The number of rotatable bonds is 5. The lowest BCUT2D eigenvalue weighted by atomic mass is 10.2. The van der Waals surface area contributed by atoms with Crippen LogP contribution in [0.5, 0.6) is 5.75 Å². The van der Waals surface area contributed by atoms with E-state index in [2.05, 4.69) is 5.32 Å². The number of carboxylic acids is 1. The van der Waals surface area contributed by atoms with Crippen molar-refractivity contribution in [3.05, 3.63) is 23.8 Å². The first-order chi connectivity index (χ1) is 9.23. The summed E-state index contributed by atoms with van der Waals surface area (Å²) >= 11 is 1.52. The van der Waals surface area contributed by atoms with Gasteiger partial charge in [-0.1, -0.05) is 20.8 Å². The van der Waals surface area contributed by atoms with Crippen molar-refractivity contribution in [3.63, 3.8) is 0 Å². The highest BCUT2D eigenvalue weighted by atomic mass is 32.2. The molecule has 110 valence electrons. The van der Waals surface area contributed by atoms with Crippen LogP contribution >= 0.6 is 11.8 Å². The smallest absolute Gasteiger partial charge is 0.335 e. The highest BCUT2D eigenvalue weighted by Gasteiger charge is 2.15. The summed E-state index contributed by atoms with van der Waals surface area (Å²) in [4.78, 5) is 22.8. The van der Waals surface area contributed by atoms with Crippen LogP contribution in [0.25, 0.3) is 0 Å².